The number of halogens is 3. The number of hydrogen-bond donors (Lipinski definition) is 2. The summed E-state index contributed by atoms with van der Waals surface area (Å²) in [5.74, 6) is -3.92. The monoisotopic (exact) mass is 380 g/mol. The highest BCUT2D eigenvalue weighted by molar-refractivity contribution is 5.91. The number of piperazine rings is 1. The molecule has 1 aliphatic heterocycles. The van der Waals surface area contributed by atoms with Gasteiger partial charge >= 0.3 is 0 Å². The average Bonchev–Trinajstić information content (AvgIpc) is 2.69. The highest BCUT2D eigenvalue weighted by atomic mass is 19.2. The van der Waals surface area contributed by atoms with Gasteiger partial charge < -0.3 is 19.9 Å². The molecule has 2 N–H and O–H groups in total. The van der Waals surface area contributed by atoms with Crippen molar-refractivity contribution in [1.82, 2.24) is 0 Å². The van der Waals surface area contributed by atoms with Gasteiger partial charge in [0.1, 0.15) is 5.75 Å². The summed E-state index contributed by atoms with van der Waals surface area (Å²) in [4.78, 5) is 15.4. The molecule has 144 valence electrons. The number of ether oxygens (including phenoxy) is 1. The Morgan fingerprint density at radius 2 is 1.81 bits per heavy atom. The van der Waals surface area contributed by atoms with Crippen LogP contribution in [0.2, 0.25) is 0 Å². The number of quaternary nitrogens is 1. The molecule has 0 spiro atoms. The van der Waals surface area contributed by atoms with Crippen molar-refractivity contribution in [2.75, 3.05) is 50.1 Å². The number of nitrogens with one attached hydrogen (secondary N) is 2. The Balaban J connectivity index is 1.55. The van der Waals surface area contributed by atoms with Gasteiger partial charge in [0.25, 0.3) is 5.91 Å². The first kappa shape index (κ1) is 19.0. The van der Waals surface area contributed by atoms with Crippen LogP contribution in [0, 0.1) is 17.5 Å². The van der Waals surface area contributed by atoms with Crippen molar-refractivity contribution in [3.8, 4) is 5.75 Å². The standard InChI is InChI=1S/C19H20F3N3O2/c1-27-16-5-3-2-4-15(16)25-10-8-24(9-11-25)12-17(26)23-14-7-6-13(20)18(21)19(14)22/h2-7H,8-12H2,1H3,(H,23,26)/p+1. The van der Waals surface area contributed by atoms with Gasteiger partial charge in [-0.3, -0.25) is 4.79 Å². The molecule has 3 rings (SSSR count). The minimum atomic E-state index is -1.59. The van der Waals surface area contributed by atoms with Gasteiger partial charge in [0.15, 0.2) is 24.0 Å². The molecule has 27 heavy (non-hydrogen) atoms. The third-order valence-corrected chi connectivity index (χ3v) is 4.62. The second-order valence-corrected chi connectivity index (χ2v) is 6.36. The Hall–Kier alpha value is -2.74. The molecule has 2 aromatic rings. The van der Waals surface area contributed by atoms with Gasteiger partial charge in [-0.05, 0) is 24.3 Å². The summed E-state index contributed by atoms with van der Waals surface area (Å²) in [5.41, 5.74) is 0.651. The minimum absolute atomic E-state index is 0.123. The predicted octanol–water partition coefficient (Wildman–Crippen LogP) is 1.46. The summed E-state index contributed by atoms with van der Waals surface area (Å²) in [6, 6.07) is 9.54. The number of hydrogen-bond acceptors (Lipinski definition) is 3. The van der Waals surface area contributed by atoms with Crippen molar-refractivity contribution in [2.24, 2.45) is 0 Å². The molecule has 0 bridgehead atoms. The fraction of sp³-hybridized carbons (Fsp3) is 0.316. The van der Waals surface area contributed by atoms with Crippen molar-refractivity contribution in [1.29, 1.82) is 0 Å². The number of carbonyl (C=O) groups is 1. The molecule has 0 aromatic heterocycles. The molecule has 1 aliphatic rings. The normalized spacial score (nSPS) is 14.9. The third-order valence-electron chi connectivity index (χ3n) is 4.62. The lowest BCUT2D eigenvalue weighted by atomic mass is 10.2. The second kappa shape index (κ2) is 8.30. The number of benzene rings is 2. The van der Waals surface area contributed by atoms with Crippen molar-refractivity contribution < 1.29 is 27.6 Å². The lowest BCUT2D eigenvalue weighted by Crippen LogP contribution is -3.15. The third kappa shape index (κ3) is 4.33. The fourth-order valence-electron chi connectivity index (χ4n) is 3.18. The maximum atomic E-state index is 13.7. The van der Waals surface area contributed by atoms with Crippen LogP contribution in [0.3, 0.4) is 0 Å². The Bertz CT molecular complexity index is 824. The van der Waals surface area contributed by atoms with Crippen LogP contribution in [0.25, 0.3) is 0 Å². The number of amides is 1. The van der Waals surface area contributed by atoms with Crippen molar-refractivity contribution in [3.63, 3.8) is 0 Å². The van der Waals surface area contributed by atoms with E-state index in [1.165, 1.54) is 0 Å². The number of para-hydroxylation sites is 2. The number of methoxy groups -OCH3 is 1. The predicted molar refractivity (Wildman–Crippen MR) is 95.7 cm³/mol. The Morgan fingerprint density at radius 1 is 1.11 bits per heavy atom. The van der Waals surface area contributed by atoms with Gasteiger partial charge in [-0.1, -0.05) is 12.1 Å². The van der Waals surface area contributed by atoms with E-state index in [0.717, 1.165) is 41.6 Å². The Kier molecular flexibility index (Phi) is 5.85. The fourth-order valence-corrected chi connectivity index (χ4v) is 3.18. The Morgan fingerprint density at radius 3 is 2.52 bits per heavy atom. The molecule has 0 aliphatic carbocycles. The van der Waals surface area contributed by atoms with Crippen LogP contribution in [0.15, 0.2) is 36.4 Å². The van der Waals surface area contributed by atoms with E-state index >= 15 is 0 Å². The highest BCUT2D eigenvalue weighted by Crippen LogP contribution is 2.27. The molecule has 0 saturated carbocycles. The van der Waals surface area contributed by atoms with Crippen LogP contribution in [0.5, 0.6) is 5.75 Å². The molecule has 2 aromatic carbocycles. The minimum Gasteiger partial charge on any atom is -0.495 e. The van der Waals surface area contributed by atoms with Gasteiger partial charge in [-0.15, -0.1) is 0 Å². The topological polar surface area (TPSA) is 46.0 Å². The lowest BCUT2D eigenvalue weighted by molar-refractivity contribution is -0.892. The largest absolute Gasteiger partial charge is 0.495 e. The zero-order valence-electron chi connectivity index (χ0n) is 14.9. The van der Waals surface area contributed by atoms with Crippen molar-refractivity contribution >= 4 is 17.3 Å². The van der Waals surface area contributed by atoms with E-state index in [0.29, 0.717) is 13.1 Å². The number of anilines is 2. The van der Waals surface area contributed by atoms with Crippen LogP contribution in [-0.4, -0.2) is 45.7 Å². The van der Waals surface area contributed by atoms with E-state index in [4.69, 9.17) is 4.74 Å². The first-order chi connectivity index (χ1) is 13.0. The first-order valence-corrected chi connectivity index (χ1v) is 8.64. The first-order valence-electron chi connectivity index (χ1n) is 8.64. The molecule has 1 fully saturated rings. The quantitative estimate of drug-likeness (QED) is 0.772. The summed E-state index contributed by atoms with van der Waals surface area (Å²) in [6.07, 6.45) is 0. The molecular weight excluding hydrogens is 359 g/mol. The zero-order valence-corrected chi connectivity index (χ0v) is 14.9. The van der Waals surface area contributed by atoms with Crippen LogP contribution in [0.1, 0.15) is 0 Å². The average molecular weight is 380 g/mol. The van der Waals surface area contributed by atoms with Gasteiger partial charge in [-0.2, -0.15) is 0 Å². The van der Waals surface area contributed by atoms with Crippen LogP contribution in [0.4, 0.5) is 24.5 Å². The summed E-state index contributed by atoms with van der Waals surface area (Å²) in [5, 5.41) is 2.31. The summed E-state index contributed by atoms with van der Waals surface area (Å²) < 4.78 is 45.2. The summed E-state index contributed by atoms with van der Waals surface area (Å²) in [6.45, 7) is 3.03. The zero-order chi connectivity index (χ0) is 19.4. The Labute approximate surface area is 155 Å². The number of rotatable bonds is 5. The van der Waals surface area contributed by atoms with Crippen molar-refractivity contribution in [2.45, 2.75) is 0 Å². The number of carbonyl (C=O) groups excluding carboxylic acids is 1. The summed E-state index contributed by atoms with van der Waals surface area (Å²) in [7, 11) is 1.63. The van der Waals surface area contributed by atoms with Gasteiger partial charge in [0.2, 0.25) is 0 Å². The maximum absolute atomic E-state index is 13.7. The van der Waals surface area contributed by atoms with Crippen molar-refractivity contribution in [3.05, 3.63) is 53.8 Å². The molecule has 1 amide bonds. The lowest BCUT2D eigenvalue weighted by Gasteiger charge is -2.34. The van der Waals surface area contributed by atoms with E-state index in [-0.39, 0.29) is 12.2 Å². The van der Waals surface area contributed by atoms with Crippen LogP contribution in [-0.2, 0) is 4.79 Å². The van der Waals surface area contributed by atoms with Crippen LogP contribution >= 0.6 is 0 Å². The summed E-state index contributed by atoms with van der Waals surface area (Å²) >= 11 is 0. The molecule has 5 nitrogen and oxygen atoms in total. The highest BCUT2D eigenvalue weighted by Gasteiger charge is 2.24. The SMILES string of the molecule is COc1ccccc1N1CC[NH+](CC(=O)Nc2ccc(F)c(F)c2F)CC1. The van der Waals surface area contributed by atoms with E-state index in [9.17, 15) is 18.0 Å². The molecule has 1 heterocycles. The smallest absolute Gasteiger partial charge is 0.279 e. The second-order valence-electron chi connectivity index (χ2n) is 6.36. The molecule has 1 saturated heterocycles. The van der Waals surface area contributed by atoms with Gasteiger partial charge in [-0.25, -0.2) is 13.2 Å². The molecule has 0 radical (unpaired) electrons. The molecule has 8 heteroatoms. The van der Waals surface area contributed by atoms with Gasteiger partial charge in [0, 0.05) is 0 Å². The van der Waals surface area contributed by atoms with E-state index in [1.54, 1.807) is 7.11 Å². The molecular formula is C19H21F3N3O2+. The van der Waals surface area contributed by atoms with E-state index < -0.39 is 23.4 Å². The maximum Gasteiger partial charge on any atom is 0.279 e. The van der Waals surface area contributed by atoms with E-state index in [2.05, 4.69) is 10.2 Å². The van der Waals surface area contributed by atoms with E-state index in [1.807, 2.05) is 24.3 Å². The van der Waals surface area contributed by atoms with Crippen LogP contribution < -0.4 is 19.9 Å². The number of nitrogens with zero attached hydrogens (tertiary/aromatic N) is 1. The van der Waals surface area contributed by atoms with Gasteiger partial charge in [0.05, 0.1) is 44.7 Å². The molecule has 0 unspecified atom stereocenters. The molecule has 0 atom stereocenters.